The Morgan fingerprint density at radius 3 is 2.58 bits per heavy atom. The van der Waals surface area contributed by atoms with Crippen molar-refractivity contribution in [2.45, 2.75) is 39.4 Å². The van der Waals surface area contributed by atoms with Crippen LogP contribution < -0.4 is 9.47 Å². The molecule has 1 aliphatic heterocycles. The van der Waals surface area contributed by atoms with Gasteiger partial charge in [-0.3, -0.25) is 4.79 Å². The molecule has 0 aromatic heterocycles. The molecule has 26 heavy (non-hydrogen) atoms. The molecule has 0 saturated carbocycles. The van der Waals surface area contributed by atoms with Gasteiger partial charge in [-0.05, 0) is 38.5 Å². The molecule has 7 heteroatoms. The number of esters is 1. The highest BCUT2D eigenvalue weighted by molar-refractivity contribution is 5.71. The van der Waals surface area contributed by atoms with Crippen molar-refractivity contribution in [1.82, 2.24) is 4.90 Å². The molecule has 0 radical (unpaired) electrons. The van der Waals surface area contributed by atoms with Gasteiger partial charge in [-0.25, -0.2) is 4.79 Å². The van der Waals surface area contributed by atoms with Gasteiger partial charge in [0.25, 0.3) is 0 Å². The van der Waals surface area contributed by atoms with Gasteiger partial charge in [0, 0.05) is 19.5 Å². The van der Waals surface area contributed by atoms with Crippen molar-refractivity contribution < 1.29 is 23.8 Å². The van der Waals surface area contributed by atoms with Gasteiger partial charge in [-0.1, -0.05) is 6.58 Å². The van der Waals surface area contributed by atoms with E-state index in [1.807, 2.05) is 6.07 Å². The molecule has 1 amide bonds. The fourth-order valence-electron chi connectivity index (χ4n) is 2.39. The number of ether oxygens (including phenoxy) is 3. The average molecular weight is 358 g/mol. The molecule has 138 valence electrons. The minimum absolute atomic E-state index is 0.153. The second kappa shape index (κ2) is 7.48. The summed E-state index contributed by atoms with van der Waals surface area (Å²) in [5, 5.41) is 9.00. The molecule has 7 nitrogen and oxygen atoms in total. The molecule has 1 saturated heterocycles. The molecule has 1 atom stereocenters. The minimum atomic E-state index is -0.590. The molecular formula is C19H22N2O5. The van der Waals surface area contributed by atoms with Crippen LogP contribution in [0.5, 0.6) is 11.5 Å². The van der Waals surface area contributed by atoms with Crippen LogP contribution in [0.4, 0.5) is 4.79 Å². The van der Waals surface area contributed by atoms with E-state index in [2.05, 4.69) is 6.58 Å². The zero-order chi connectivity index (χ0) is 19.5. The number of nitrogens with zero attached hydrogens (tertiary/aromatic N) is 2. The summed E-state index contributed by atoms with van der Waals surface area (Å²) < 4.78 is 16.4. The third-order valence-corrected chi connectivity index (χ3v) is 3.48. The lowest BCUT2D eigenvalue weighted by Crippen LogP contribution is -2.36. The summed E-state index contributed by atoms with van der Waals surface area (Å²) in [7, 11) is 0. The lowest BCUT2D eigenvalue weighted by atomic mass is 10.2. The summed E-state index contributed by atoms with van der Waals surface area (Å²) in [5.41, 5.74) is 0.454. The number of benzene rings is 1. The first-order valence-electron chi connectivity index (χ1n) is 8.14. The van der Waals surface area contributed by atoms with Crippen LogP contribution in [0, 0.1) is 11.3 Å². The van der Waals surface area contributed by atoms with E-state index in [1.165, 1.54) is 17.9 Å². The number of rotatable bonds is 3. The van der Waals surface area contributed by atoms with Crippen molar-refractivity contribution in [2.75, 3.05) is 13.1 Å². The van der Waals surface area contributed by atoms with Crippen LogP contribution >= 0.6 is 0 Å². The molecule has 0 spiro atoms. The number of amides is 1. The normalized spacial score (nSPS) is 16.8. The molecule has 0 N–H and O–H groups in total. The molecule has 1 aliphatic rings. The average Bonchev–Trinajstić information content (AvgIpc) is 2.88. The van der Waals surface area contributed by atoms with Crippen LogP contribution in [0.15, 0.2) is 30.4 Å². The lowest BCUT2D eigenvalue weighted by molar-refractivity contribution is -0.132. The third kappa shape index (κ3) is 4.99. The number of carbonyl (C=O) groups excluding carboxylic acids is 2. The maximum atomic E-state index is 12.2. The Bertz CT molecular complexity index is 773. The van der Waals surface area contributed by atoms with Gasteiger partial charge < -0.3 is 19.1 Å². The molecule has 1 fully saturated rings. The van der Waals surface area contributed by atoms with Crippen LogP contribution in [0.1, 0.15) is 33.3 Å². The Kier molecular flexibility index (Phi) is 5.56. The number of hydrogen-bond acceptors (Lipinski definition) is 6. The molecule has 1 unspecified atom stereocenters. The van der Waals surface area contributed by atoms with Crippen LogP contribution in [0.25, 0.3) is 0 Å². The quantitative estimate of drug-likeness (QED) is 0.469. The van der Waals surface area contributed by atoms with Gasteiger partial charge in [0.15, 0.2) is 11.5 Å². The number of likely N-dealkylation sites (tertiary alicyclic amines) is 1. The summed E-state index contributed by atoms with van der Waals surface area (Å²) >= 11 is 0. The van der Waals surface area contributed by atoms with Crippen LogP contribution in [-0.4, -0.2) is 41.8 Å². The van der Waals surface area contributed by atoms with E-state index >= 15 is 0 Å². The third-order valence-electron chi connectivity index (χ3n) is 3.48. The molecule has 0 aliphatic carbocycles. The fraction of sp³-hybridized carbons (Fsp3) is 0.421. The highest BCUT2D eigenvalue weighted by atomic mass is 16.6. The maximum Gasteiger partial charge on any atom is 0.410 e. The molecular weight excluding hydrogens is 336 g/mol. The van der Waals surface area contributed by atoms with Crippen molar-refractivity contribution >= 4 is 12.1 Å². The second-order valence-electron chi connectivity index (χ2n) is 6.99. The van der Waals surface area contributed by atoms with E-state index in [1.54, 1.807) is 32.9 Å². The van der Waals surface area contributed by atoms with Gasteiger partial charge in [-0.2, -0.15) is 5.26 Å². The zero-order valence-corrected chi connectivity index (χ0v) is 15.4. The first-order chi connectivity index (χ1) is 12.1. The molecule has 1 heterocycles. The molecule has 1 aromatic rings. The molecule has 2 rings (SSSR count). The summed E-state index contributed by atoms with van der Waals surface area (Å²) in [5.74, 6) is -0.0676. The predicted molar refractivity (Wildman–Crippen MR) is 93.8 cm³/mol. The largest absolute Gasteiger partial charge is 0.480 e. The fourth-order valence-corrected chi connectivity index (χ4v) is 2.39. The van der Waals surface area contributed by atoms with Gasteiger partial charge in [0.1, 0.15) is 11.7 Å². The van der Waals surface area contributed by atoms with E-state index in [-0.39, 0.29) is 12.3 Å². The molecule has 0 bridgehead atoms. The summed E-state index contributed by atoms with van der Waals surface area (Å²) in [6, 6.07) is 6.53. The Hall–Kier alpha value is -3.01. The maximum absolute atomic E-state index is 12.2. The SMILES string of the molecule is C=C1CN(C(=O)OC(C)(C)C)CC1Oc1ccc(C#N)cc1OC(C)=O. The smallest absolute Gasteiger partial charge is 0.410 e. The number of hydrogen-bond donors (Lipinski definition) is 0. The zero-order valence-electron chi connectivity index (χ0n) is 15.4. The van der Waals surface area contributed by atoms with Gasteiger partial charge in [0.05, 0.1) is 18.2 Å². The Morgan fingerprint density at radius 2 is 2.00 bits per heavy atom. The van der Waals surface area contributed by atoms with Crippen LogP contribution in [-0.2, 0) is 9.53 Å². The molecule has 1 aromatic carbocycles. The van der Waals surface area contributed by atoms with E-state index in [0.29, 0.717) is 23.4 Å². The monoisotopic (exact) mass is 358 g/mol. The second-order valence-corrected chi connectivity index (χ2v) is 6.99. The van der Waals surface area contributed by atoms with E-state index < -0.39 is 23.8 Å². The van der Waals surface area contributed by atoms with Crippen molar-refractivity contribution in [3.8, 4) is 17.6 Å². The van der Waals surface area contributed by atoms with Crippen molar-refractivity contribution in [2.24, 2.45) is 0 Å². The highest BCUT2D eigenvalue weighted by Crippen LogP contribution is 2.32. The Balaban J connectivity index is 2.14. The van der Waals surface area contributed by atoms with Crippen molar-refractivity contribution in [1.29, 1.82) is 5.26 Å². The van der Waals surface area contributed by atoms with Crippen molar-refractivity contribution in [3.05, 3.63) is 35.9 Å². The first-order valence-corrected chi connectivity index (χ1v) is 8.14. The standard InChI is InChI=1S/C19H22N2O5/c1-12-10-21(18(23)26-19(3,4)5)11-17(12)25-15-7-6-14(9-20)8-16(15)24-13(2)22/h6-8,17H,1,10-11H2,2-5H3. The predicted octanol–water partition coefficient (Wildman–Crippen LogP) is 3.04. The first kappa shape index (κ1) is 19.3. The van der Waals surface area contributed by atoms with Crippen LogP contribution in [0.3, 0.4) is 0 Å². The number of carbonyl (C=O) groups is 2. The summed E-state index contributed by atoms with van der Waals surface area (Å²) in [6.07, 6.45) is -0.908. The topological polar surface area (TPSA) is 88.9 Å². The van der Waals surface area contributed by atoms with Crippen LogP contribution in [0.2, 0.25) is 0 Å². The summed E-state index contributed by atoms with van der Waals surface area (Å²) in [6.45, 7) is 11.2. The van der Waals surface area contributed by atoms with E-state index in [4.69, 9.17) is 19.5 Å². The van der Waals surface area contributed by atoms with E-state index in [0.717, 1.165) is 0 Å². The van der Waals surface area contributed by atoms with Gasteiger partial charge >= 0.3 is 12.1 Å². The summed E-state index contributed by atoms with van der Waals surface area (Å²) in [4.78, 5) is 25.0. The lowest BCUT2D eigenvalue weighted by Gasteiger charge is -2.24. The van der Waals surface area contributed by atoms with Gasteiger partial charge in [0.2, 0.25) is 0 Å². The van der Waals surface area contributed by atoms with E-state index in [9.17, 15) is 9.59 Å². The van der Waals surface area contributed by atoms with Crippen molar-refractivity contribution in [3.63, 3.8) is 0 Å². The Morgan fingerprint density at radius 1 is 1.31 bits per heavy atom. The minimum Gasteiger partial charge on any atom is -0.480 e. The Labute approximate surface area is 152 Å². The van der Waals surface area contributed by atoms with Gasteiger partial charge in [-0.15, -0.1) is 0 Å². The highest BCUT2D eigenvalue weighted by Gasteiger charge is 2.34. The number of nitriles is 1.